The Balaban J connectivity index is 1.44. The number of fused-ring (bicyclic) bond motifs is 1. The van der Waals surface area contributed by atoms with Gasteiger partial charge in [-0.25, -0.2) is 13.2 Å². The lowest BCUT2D eigenvalue weighted by Gasteiger charge is -2.27. The third-order valence-corrected chi connectivity index (χ3v) is 6.47. The molecule has 1 aliphatic heterocycles. The first-order chi connectivity index (χ1) is 19.8. The van der Waals surface area contributed by atoms with Gasteiger partial charge in [0.05, 0.1) is 12.1 Å². The number of hydrogen-bond donors (Lipinski definition) is 3. The number of anilines is 1. The number of rotatable bonds is 7. The predicted octanol–water partition coefficient (Wildman–Crippen LogP) is 4.76. The number of amides is 3. The molecule has 0 aromatic heterocycles. The van der Waals surface area contributed by atoms with Crippen LogP contribution >= 0.6 is 0 Å². The van der Waals surface area contributed by atoms with Gasteiger partial charge in [-0.05, 0) is 53.1 Å². The Bertz CT molecular complexity index is 1560. The molecule has 1 heterocycles. The maximum Gasteiger partial charge on any atom is 0.251 e. The second-order valence-electron chi connectivity index (χ2n) is 9.43. The van der Waals surface area contributed by atoms with Crippen molar-refractivity contribution in [1.29, 1.82) is 0 Å². The summed E-state index contributed by atoms with van der Waals surface area (Å²) in [4.78, 5) is 40.1. The molecule has 5 rings (SSSR count). The number of halogens is 3. The molecule has 7 nitrogen and oxygen atoms in total. The Morgan fingerprint density at radius 1 is 0.829 bits per heavy atom. The van der Waals surface area contributed by atoms with Crippen molar-refractivity contribution in [1.82, 2.24) is 10.6 Å². The number of ether oxygens (including phenoxy) is 1. The van der Waals surface area contributed by atoms with E-state index in [2.05, 4.69) is 16.0 Å². The molecule has 0 saturated carbocycles. The van der Waals surface area contributed by atoms with Crippen LogP contribution in [0.4, 0.5) is 18.9 Å². The number of carbonyl (C=O) groups excluding carboxylic acids is 3. The van der Waals surface area contributed by atoms with E-state index in [4.69, 9.17) is 4.74 Å². The molecule has 0 fully saturated rings. The molecule has 0 radical (unpaired) electrons. The highest BCUT2D eigenvalue weighted by Crippen LogP contribution is 2.34. The monoisotopic (exact) mass is 559 g/mol. The van der Waals surface area contributed by atoms with Gasteiger partial charge in [-0.2, -0.15) is 0 Å². The molecular formula is C31H24F3N3O4. The molecule has 41 heavy (non-hydrogen) atoms. The van der Waals surface area contributed by atoms with Gasteiger partial charge in [-0.1, -0.05) is 54.6 Å². The lowest BCUT2D eigenvalue weighted by atomic mass is 9.99. The molecule has 10 heteroatoms. The zero-order chi connectivity index (χ0) is 28.9. The lowest BCUT2D eigenvalue weighted by molar-refractivity contribution is -0.132. The maximum absolute atomic E-state index is 13.7. The van der Waals surface area contributed by atoms with E-state index in [0.29, 0.717) is 23.1 Å². The standard InChI is InChI=1S/C31H24F3N3O4/c32-21-12-10-19(11-13-21)27(36-26(38)16-18-14-22(33)17-23(34)15-18)30(39)37-28-29(20-6-2-1-3-7-20)41-25-9-5-4-8-24(25)35-31(28)40/h1-15,17,27-29H,16H2,(H,35,40)(H,36,38)(H,37,39)/t27-,28-,29-/m0/s1. The summed E-state index contributed by atoms with van der Waals surface area (Å²) < 4.78 is 47.2. The van der Waals surface area contributed by atoms with Gasteiger partial charge in [-0.3, -0.25) is 14.4 Å². The molecule has 3 amide bonds. The number of nitrogens with one attached hydrogen (secondary N) is 3. The Hall–Kier alpha value is -5.12. The first kappa shape index (κ1) is 27.4. The van der Waals surface area contributed by atoms with Crippen molar-refractivity contribution in [3.05, 3.63) is 131 Å². The molecule has 208 valence electrons. The van der Waals surface area contributed by atoms with Gasteiger partial charge in [0.15, 0.2) is 6.10 Å². The SMILES string of the molecule is O=C(Cc1cc(F)cc(F)c1)N[C@H](C(=O)N[C@@H]1C(=O)Nc2ccccc2O[C@H]1c1ccccc1)c1ccc(F)cc1. The fourth-order valence-electron chi connectivity index (χ4n) is 4.57. The van der Waals surface area contributed by atoms with Crippen molar-refractivity contribution in [2.45, 2.75) is 24.6 Å². The molecule has 4 aromatic rings. The smallest absolute Gasteiger partial charge is 0.251 e. The summed E-state index contributed by atoms with van der Waals surface area (Å²) in [5.74, 6) is -3.94. The van der Waals surface area contributed by atoms with Crippen molar-refractivity contribution in [2.75, 3.05) is 5.32 Å². The van der Waals surface area contributed by atoms with Gasteiger partial charge in [0.25, 0.3) is 5.91 Å². The maximum atomic E-state index is 13.7. The molecule has 1 aliphatic rings. The summed E-state index contributed by atoms with van der Waals surface area (Å²) in [5.41, 5.74) is 1.30. The number of benzene rings is 4. The quantitative estimate of drug-likeness (QED) is 0.304. The minimum atomic E-state index is -1.38. The Morgan fingerprint density at radius 3 is 2.20 bits per heavy atom. The zero-order valence-electron chi connectivity index (χ0n) is 21.4. The van der Waals surface area contributed by atoms with Gasteiger partial charge in [0.2, 0.25) is 11.8 Å². The molecular weight excluding hydrogens is 535 g/mol. The van der Waals surface area contributed by atoms with E-state index in [1.54, 1.807) is 54.6 Å². The van der Waals surface area contributed by atoms with Crippen LogP contribution in [-0.4, -0.2) is 23.8 Å². The molecule has 0 saturated heterocycles. The largest absolute Gasteiger partial charge is 0.481 e. The summed E-state index contributed by atoms with van der Waals surface area (Å²) in [6.45, 7) is 0. The average Bonchev–Trinajstić information content (AvgIpc) is 3.08. The van der Waals surface area contributed by atoms with Crippen LogP contribution in [0.1, 0.15) is 28.8 Å². The van der Waals surface area contributed by atoms with Crippen LogP contribution in [-0.2, 0) is 20.8 Å². The van der Waals surface area contributed by atoms with E-state index >= 15 is 0 Å². The van der Waals surface area contributed by atoms with Crippen molar-refractivity contribution >= 4 is 23.4 Å². The number of para-hydroxylation sites is 2. The first-order valence-corrected chi connectivity index (χ1v) is 12.7. The second-order valence-corrected chi connectivity index (χ2v) is 9.43. The van der Waals surface area contributed by atoms with Gasteiger partial charge < -0.3 is 20.7 Å². The van der Waals surface area contributed by atoms with Gasteiger partial charge in [0, 0.05) is 6.07 Å². The van der Waals surface area contributed by atoms with Gasteiger partial charge in [0.1, 0.15) is 35.3 Å². The van der Waals surface area contributed by atoms with Crippen molar-refractivity contribution in [2.24, 2.45) is 0 Å². The molecule has 0 aliphatic carbocycles. The molecule has 0 bridgehead atoms. The highest BCUT2D eigenvalue weighted by molar-refractivity contribution is 6.00. The molecule has 3 atom stereocenters. The lowest BCUT2D eigenvalue weighted by Crippen LogP contribution is -2.51. The van der Waals surface area contributed by atoms with E-state index in [-0.39, 0.29) is 11.1 Å². The summed E-state index contributed by atoms with van der Waals surface area (Å²) in [7, 11) is 0. The Morgan fingerprint density at radius 2 is 1.49 bits per heavy atom. The van der Waals surface area contributed by atoms with Crippen LogP contribution < -0.4 is 20.7 Å². The second kappa shape index (κ2) is 12.0. The Labute approximate surface area is 233 Å². The summed E-state index contributed by atoms with van der Waals surface area (Å²) in [6.07, 6.45) is -1.38. The molecule has 4 aromatic carbocycles. The Kier molecular flexibility index (Phi) is 8.00. The van der Waals surface area contributed by atoms with Crippen LogP contribution in [0.25, 0.3) is 0 Å². The zero-order valence-corrected chi connectivity index (χ0v) is 21.4. The third kappa shape index (κ3) is 6.55. The number of carbonyl (C=O) groups is 3. The highest BCUT2D eigenvalue weighted by atomic mass is 19.1. The van der Waals surface area contributed by atoms with E-state index in [1.165, 1.54) is 12.1 Å². The molecule has 0 unspecified atom stereocenters. The van der Waals surface area contributed by atoms with Crippen molar-refractivity contribution < 1.29 is 32.3 Å². The van der Waals surface area contributed by atoms with Crippen molar-refractivity contribution in [3.63, 3.8) is 0 Å². The van der Waals surface area contributed by atoms with Crippen LogP contribution in [0.3, 0.4) is 0 Å². The van der Waals surface area contributed by atoms with E-state index in [1.807, 2.05) is 0 Å². The number of hydrogen-bond acceptors (Lipinski definition) is 4. The average molecular weight is 560 g/mol. The van der Waals surface area contributed by atoms with Crippen molar-refractivity contribution in [3.8, 4) is 5.75 Å². The van der Waals surface area contributed by atoms with Crippen LogP contribution in [0, 0.1) is 17.5 Å². The van der Waals surface area contributed by atoms with E-state index < -0.39 is 59.8 Å². The fraction of sp³-hybridized carbons (Fsp3) is 0.129. The van der Waals surface area contributed by atoms with Crippen LogP contribution in [0.2, 0.25) is 0 Å². The summed E-state index contributed by atoms with van der Waals surface area (Å²) >= 11 is 0. The molecule has 0 spiro atoms. The van der Waals surface area contributed by atoms with E-state index in [0.717, 1.165) is 24.3 Å². The van der Waals surface area contributed by atoms with Crippen LogP contribution in [0.15, 0.2) is 97.1 Å². The highest BCUT2D eigenvalue weighted by Gasteiger charge is 2.38. The van der Waals surface area contributed by atoms with Gasteiger partial charge >= 0.3 is 0 Å². The molecule has 3 N–H and O–H groups in total. The predicted molar refractivity (Wildman–Crippen MR) is 144 cm³/mol. The normalized spacial score (nSPS) is 16.8. The minimum Gasteiger partial charge on any atom is -0.481 e. The minimum absolute atomic E-state index is 0.0525. The fourth-order valence-corrected chi connectivity index (χ4v) is 4.57. The van der Waals surface area contributed by atoms with Gasteiger partial charge in [-0.15, -0.1) is 0 Å². The summed E-state index contributed by atoms with van der Waals surface area (Å²) in [6, 6.07) is 20.6. The summed E-state index contributed by atoms with van der Waals surface area (Å²) in [5, 5.41) is 7.99. The topological polar surface area (TPSA) is 96.5 Å². The first-order valence-electron chi connectivity index (χ1n) is 12.7. The third-order valence-electron chi connectivity index (χ3n) is 6.47. The van der Waals surface area contributed by atoms with E-state index in [9.17, 15) is 27.6 Å². The van der Waals surface area contributed by atoms with Crippen LogP contribution in [0.5, 0.6) is 5.75 Å².